The molecule has 0 bridgehead atoms. The van der Waals surface area contributed by atoms with Crippen LogP contribution in [-0.4, -0.2) is 36.4 Å². The van der Waals surface area contributed by atoms with Crippen molar-refractivity contribution in [1.82, 2.24) is 0 Å². The molecule has 0 N–H and O–H groups in total. The highest BCUT2D eigenvalue weighted by Crippen LogP contribution is 2.47. The molecule has 38 heavy (non-hydrogen) atoms. The van der Waals surface area contributed by atoms with Crippen LogP contribution in [0.5, 0.6) is 17.2 Å². The number of nitrogens with zero attached hydrogens (tertiary/aromatic N) is 1. The fourth-order valence-electron chi connectivity index (χ4n) is 5.36. The molecule has 5 rings (SSSR count). The molecule has 1 fully saturated rings. The van der Waals surface area contributed by atoms with Crippen LogP contribution in [0.1, 0.15) is 40.5 Å². The quantitative estimate of drug-likeness (QED) is 0.187. The number of fused-ring (bicyclic) bond motifs is 1. The monoisotopic (exact) mass is 513 g/mol. The number of carbonyl (C=O) groups is 2. The first-order chi connectivity index (χ1) is 18.4. The normalized spacial score (nSPS) is 22.4. The van der Waals surface area contributed by atoms with Crippen LogP contribution in [0.25, 0.3) is 6.08 Å². The van der Waals surface area contributed by atoms with E-state index >= 15 is 0 Å². The lowest BCUT2D eigenvalue weighted by atomic mass is 9.64. The number of methoxy groups -OCH3 is 1. The molecule has 0 amide bonds. The van der Waals surface area contributed by atoms with Gasteiger partial charge < -0.3 is 14.2 Å². The smallest absolute Gasteiger partial charge is 0.231 e. The largest absolute Gasteiger partial charge is 0.497 e. The van der Waals surface area contributed by atoms with Gasteiger partial charge in [0, 0.05) is 11.3 Å². The van der Waals surface area contributed by atoms with Gasteiger partial charge in [-0.2, -0.15) is 0 Å². The van der Waals surface area contributed by atoms with Gasteiger partial charge in [0.15, 0.2) is 17.3 Å². The van der Waals surface area contributed by atoms with Crippen LogP contribution in [0.3, 0.4) is 0 Å². The first-order valence-electron chi connectivity index (χ1n) is 12.3. The predicted octanol–water partition coefficient (Wildman–Crippen LogP) is 5.12. The van der Waals surface area contributed by atoms with E-state index in [0.717, 1.165) is 11.1 Å². The maximum atomic E-state index is 13.6. The van der Waals surface area contributed by atoms with Gasteiger partial charge in [-0.15, -0.1) is 0 Å². The van der Waals surface area contributed by atoms with Gasteiger partial charge in [0.05, 0.1) is 24.9 Å². The van der Waals surface area contributed by atoms with Crippen molar-refractivity contribution in [1.29, 1.82) is 0 Å². The summed E-state index contributed by atoms with van der Waals surface area (Å²) < 4.78 is 16.1. The Balaban J connectivity index is 1.57. The molecule has 0 spiro atoms. The molecule has 0 radical (unpaired) electrons. The molecule has 0 aromatic heterocycles. The second-order valence-corrected chi connectivity index (χ2v) is 9.59. The molecule has 1 heterocycles. The average Bonchev–Trinajstić information content (AvgIpc) is 3.40. The summed E-state index contributed by atoms with van der Waals surface area (Å²) in [6.07, 6.45) is 2.88. The van der Waals surface area contributed by atoms with Crippen LogP contribution in [0, 0.1) is 23.0 Å². The minimum absolute atomic E-state index is 0.0389. The highest BCUT2D eigenvalue weighted by Gasteiger charge is 2.54. The van der Waals surface area contributed by atoms with Crippen LogP contribution in [0.2, 0.25) is 0 Å². The molecule has 4 atom stereocenters. The standard InChI is InChI=1S/C30H27NO7/c1-18-3-5-19(6-4-18)7-13-24(32)29-25(33)16-23(20-8-11-22(36-2)12-9-20)30(31(34)35)28(29)21-10-14-26-27(15-21)38-17-37-26/h3-15,23,28-30H,16-17H2,1-2H3/b13-7+/t23-,28+,29?,30+/m1/s1. The lowest BCUT2D eigenvalue weighted by molar-refractivity contribution is -0.533. The number of hydrogen-bond acceptors (Lipinski definition) is 7. The molecule has 1 aliphatic heterocycles. The number of carbonyl (C=O) groups excluding carboxylic acids is 2. The van der Waals surface area contributed by atoms with Gasteiger partial charge >= 0.3 is 0 Å². The van der Waals surface area contributed by atoms with E-state index in [1.165, 1.54) is 13.2 Å². The highest BCUT2D eigenvalue weighted by atomic mass is 16.7. The Kier molecular flexibility index (Phi) is 6.96. The van der Waals surface area contributed by atoms with Crippen LogP contribution >= 0.6 is 0 Å². The third kappa shape index (κ3) is 4.89. The van der Waals surface area contributed by atoms with E-state index in [4.69, 9.17) is 14.2 Å². The number of ketones is 2. The minimum Gasteiger partial charge on any atom is -0.497 e. The molecule has 1 aliphatic carbocycles. The van der Waals surface area contributed by atoms with E-state index in [9.17, 15) is 19.7 Å². The molecule has 1 unspecified atom stereocenters. The molecule has 8 heteroatoms. The minimum atomic E-state index is -1.22. The van der Waals surface area contributed by atoms with Gasteiger partial charge in [-0.1, -0.05) is 54.1 Å². The van der Waals surface area contributed by atoms with Crippen LogP contribution in [0.4, 0.5) is 0 Å². The van der Waals surface area contributed by atoms with E-state index in [1.807, 2.05) is 31.2 Å². The number of benzene rings is 3. The summed E-state index contributed by atoms with van der Waals surface area (Å²) in [5.41, 5.74) is 3.02. The van der Waals surface area contributed by atoms with Crippen molar-refractivity contribution in [3.63, 3.8) is 0 Å². The van der Waals surface area contributed by atoms with E-state index in [2.05, 4.69) is 0 Å². The Morgan fingerprint density at radius 3 is 2.37 bits per heavy atom. The van der Waals surface area contributed by atoms with Gasteiger partial charge in [0.1, 0.15) is 11.5 Å². The molecular weight excluding hydrogens is 486 g/mol. The number of hydrogen-bond donors (Lipinski definition) is 0. The third-order valence-corrected chi connectivity index (χ3v) is 7.30. The first-order valence-corrected chi connectivity index (χ1v) is 12.3. The molecule has 2 aliphatic rings. The average molecular weight is 514 g/mol. The van der Waals surface area contributed by atoms with Crippen molar-refractivity contribution in [2.75, 3.05) is 13.9 Å². The first kappa shape index (κ1) is 25.2. The highest BCUT2D eigenvalue weighted by molar-refractivity contribution is 6.10. The van der Waals surface area contributed by atoms with E-state index < -0.39 is 29.6 Å². The number of allylic oxidation sites excluding steroid dienone is 1. The topological polar surface area (TPSA) is 105 Å². The summed E-state index contributed by atoms with van der Waals surface area (Å²) in [5, 5.41) is 12.6. The summed E-state index contributed by atoms with van der Waals surface area (Å²) in [6, 6.07) is 18.3. The van der Waals surface area contributed by atoms with Crippen molar-refractivity contribution >= 4 is 17.6 Å². The summed E-state index contributed by atoms with van der Waals surface area (Å²) in [6.45, 7) is 2.00. The Hall–Kier alpha value is -4.46. The molecule has 8 nitrogen and oxygen atoms in total. The Bertz CT molecular complexity index is 1400. The number of Topliss-reactive ketones (excluding diaryl/α,β-unsaturated/α-hetero) is 1. The number of nitro groups is 1. The lowest BCUT2D eigenvalue weighted by Crippen LogP contribution is -2.48. The molecular formula is C30H27NO7. The molecule has 1 saturated carbocycles. The zero-order valence-electron chi connectivity index (χ0n) is 21.0. The molecule has 3 aromatic rings. The van der Waals surface area contributed by atoms with E-state index in [-0.39, 0.29) is 23.9 Å². The van der Waals surface area contributed by atoms with Gasteiger partial charge in [-0.3, -0.25) is 19.7 Å². The third-order valence-electron chi connectivity index (χ3n) is 7.30. The number of ether oxygens (including phenoxy) is 3. The summed E-state index contributed by atoms with van der Waals surface area (Å²) >= 11 is 0. The Morgan fingerprint density at radius 1 is 1.00 bits per heavy atom. The Morgan fingerprint density at radius 2 is 1.68 bits per heavy atom. The van der Waals surface area contributed by atoms with Gasteiger partial charge in [0.2, 0.25) is 12.8 Å². The SMILES string of the molecule is COc1ccc([C@H]2CC(=O)C(C(=O)/C=C/c3ccc(C)cc3)[C@H](c3ccc4c(c3)OCO4)[C@H]2[N+](=O)[O-])cc1. The van der Waals surface area contributed by atoms with Crippen molar-refractivity contribution in [2.24, 2.45) is 5.92 Å². The fourth-order valence-corrected chi connectivity index (χ4v) is 5.36. The molecule has 0 saturated heterocycles. The zero-order valence-corrected chi connectivity index (χ0v) is 21.0. The maximum Gasteiger partial charge on any atom is 0.231 e. The molecule has 194 valence electrons. The fraction of sp³-hybridized carbons (Fsp3) is 0.267. The lowest BCUT2D eigenvalue weighted by Gasteiger charge is -2.36. The second kappa shape index (κ2) is 10.5. The maximum absolute atomic E-state index is 13.6. The zero-order chi connectivity index (χ0) is 26.8. The number of aryl methyl sites for hydroxylation is 1. The van der Waals surface area contributed by atoms with Gasteiger partial charge in [-0.25, -0.2) is 0 Å². The van der Waals surface area contributed by atoms with Crippen LogP contribution in [0.15, 0.2) is 72.8 Å². The van der Waals surface area contributed by atoms with E-state index in [0.29, 0.717) is 28.4 Å². The molecule has 3 aromatic carbocycles. The summed E-state index contributed by atoms with van der Waals surface area (Å²) in [7, 11) is 1.54. The van der Waals surface area contributed by atoms with Gasteiger partial charge in [0.25, 0.3) is 0 Å². The van der Waals surface area contributed by atoms with Crippen LogP contribution in [-0.2, 0) is 9.59 Å². The van der Waals surface area contributed by atoms with Crippen molar-refractivity contribution < 1.29 is 28.7 Å². The van der Waals surface area contributed by atoms with Crippen LogP contribution < -0.4 is 14.2 Å². The Labute approximate surface area is 220 Å². The van der Waals surface area contributed by atoms with Gasteiger partial charge in [-0.05, 0) is 54.0 Å². The predicted molar refractivity (Wildman–Crippen MR) is 140 cm³/mol. The van der Waals surface area contributed by atoms with Crippen molar-refractivity contribution in [3.8, 4) is 17.2 Å². The summed E-state index contributed by atoms with van der Waals surface area (Å²) in [5.74, 6) is -2.15. The summed E-state index contributed by atoms with van der Waals surface area (Å²) in [4.78, 5) is 39.5. The second-order valence-electron chi connectivity index (χ2n) is 9.59. The van der Waals surface area contributed by atoms with Crippen molar-refractivity contribution in [2.45, 2.75) is 31.2 Å². The number of rotatable bonds is 7. The van der Waals surface area contributed by atoms with Crippen molar-refractivity contribution in [3.05, 3.63) is 105 Å². The van der Waals surface area contributed by atoms with E-state index in [1.54, 1.807) is 48.5 Å².